The molecule has 1 N–H and O–H groups in total. The van der Waals surface area contributed by atoms with Gasteiger partial charge < -0.3 is 5.11 Å². The molecule has 1 aliphatic carbocycles. The summed E-state index contributed by atoms with van der Waals surface area (Å²) in [6.07, 6.45) is 2.80. The van der Waals surface area contributed by atoms with E-state index in [2.05, 4.69) is 0 Å². The zero-order valence-corrected chi connectivity index (χ0v) is 10.8. The van der Waals surface area contributed by atoms with Crippen molar-refractivity contribution in [1.29, 1.82) is 0 Å². The van der Waals surface area contributed by atoms with Crippen LogP contribution in [0.25, 0.3) is 0 Å². The highest BCUT2D eigenvalue weighted by Gasteiger charge is 2.54. The van der Waals surface area contributed by atoms with Crippen LogP contribution in [-0.4, -0.2) is 42.3 Å². The van der Waals surface area contributed by atoms with Gasteiger partial charge in [-0.25, -0.2) is 8.42 Å². The fourth-order valence-corrected chi connectivity index (χ4v) is 4.02. The van der Waals surface area contributed by atoms with Crippen LogP contribution in [-0.2, 0) is 10.0 Å². The molecule has 16 heavy (non-hydrogen) atoms. The van der Waals surface area contributed by atoms with E-state index in [0.717, 1.165) is 12.8 Å². The first kappa shape index (κ1) is 12.3. The molecule has 0 radical (unpaired) electrons. The molecule has 0 spiro atoms. The summed E-state index contributed by atoms with van der Waals surface area (Å²) < 4.78 is 25.2. The summed E-state index contributed by atoms with van der Waals surface area (Å²) in [5.41, 5.74) is -0.703. The van der Waals surface area contributed by atoms with Gasteiger partial charge in [0.25, 0.3) is 0 Å². The second-order valence-corrected chi connectivity index (χ2v) is 7.73. The Bertz CT molecular complexity index is 353. The van der Waals surface area contributed by atoms with Crippen LogP contribution in [0.3, 0.4) is 0 Å². The van der Waals surface area contributed by atoms with Gasteiger partial charge >= 0.3 is 0 Å². The van der Waals surface area contributed by atoms with Crippen molar-refractivity contribution in [2.24, 2.45) is 11.8 Å². The number of aliphatic hydroxyl groups is 1. The van der Waals surface area contributed by atoms with Gasteiger partial charge in [0.15, 0.2) is 0 Å². The number of β-amino-alcohol motifs (C(OH)–C–C–N with tert-alkyl or cyclic N) is 1. The third kappa shape index (κ3) is 2.41. The maximum atomic E-state index is 11.9. The summed E-state index contributed by atoms with van der Waals surface area (Å²) in [6, 6.07) is 0. The minimum atomic E-state index is -3.12. The molecule has 0 amide bonds. The van der Waals surface area contributed by atoms with E-state index < -0.39 is 15.6 Å². The summed E-state index contributed by atoms with van der Waals surface area (Å²) in [6.45, 7) is 4.68. The highest BCUT2D eigenvalue weighted by atomic mass is 32.2. The van der Waals surface area contributed by atoms with Gasteiger partial charge in [0.2, 0.25) is 10.0 Å². The normalized spacial score (nSPS) is 25.8. The molecule has 94 valence electrons. The van der Waals surface area contributed by atoms with Gasteiger partial charge in [0, 0.05) is 13.1 Å². The van der Waals surface area contributed by atoms with Crippen molar-refractivity contribution in [3.63, 3.8) is 0 Å². The maximum Gasteiger partial charge on any atom is 0.214 e. The van der Waals surface area contributed by atoms with Crippen molar-refractivity contribution in [1.82, 2.24) is 4.31 Å². The monoisotopic (exact) mass is 247 g/mol. The Morgan fingerprint density at radius 1 is 1.38 bits per heavy atom. The van der Waals surface area contributed by atoms with Crippen LogP contribution in [0.15, 0.2) is 0 Å². The van der Waals surface area contributed by atoms with Gasteiger partial charge in [0.05, 0.1) is 11.4 Å². The van der Waals surface area contributed by atoms with Crippen LogP contribution in [0.4, 0.5) is 0 Å². The lowest BCUT2D eigenvalue weighted by Crippen LogP contribution is -2.64. The first-order chi connectivity index (χ1) is 7.33. The lowest BCUT2D eigenvalue weighted by Gasteiger charge is -2.45. The van der Waals surface area contributed by atoms with Gasteiger partial charge in [0.1, 0.15) is 0 Å². The van der Waals surface area contributed by atoms with Crippen molar-refractivity contribution < 1.29 is 13.5 Å². The molecule has 1 saturated heterocycles. The average molecular weight is 247 g/mol. The molecule has 0 aromatic heterocycles. The van der Waals surface area contributed by atoms with Crippen molar-refractivity contribution in [2.45, 2.75) is 38.7 Å². The molecule has 1 saturated carbocycles. The fourth-order valence-electron chi connectivity index (χ4n) is 2.15. The third-order valence-corrected chi connectivity index (χ3v) is 5.38. The third-order valence-electron chi connectivity index (χ3n) is 3.58. The smallest absolute Gasteiger partial charge is 0.214 e. The number of hydrogen-bond donors (Lipinski definition) is 1. The molecule has 4 nitrogen and oxygen atoms in total. The van der Waals surface area contributed by atoms with E-state index in [-0.39, 0.29) is 5.75 Å². The first-order valence-electron chi connectivity index (χ1n) is 6.04. The lowest BCUT2D eigenvalue weighted by atomic mass is 9.91. The SMILES string of the molecule is CC(C)CCS(=O)(=O)N1CC(O)(C2CC2)C1. The van der Waals surface area contributed by atoms with Crippen LogP contribution < -0.4 is 0 Å². The van der Waals surface area contributed by atoms with E-state index in [9.17, 15) is 13.5 Å². The molecular formula is C11H21NO3S. The quantitative estimate of drug-likeness (QED) is 0.782. The van der Waals surface area contributed by atoms with Crippen LogP contribution in [0.5, 0.6) is 0 Å². The van der Waals surface area contributed by atoms with E-state index in [4.69, 9.17) is 0 Å². The van der Waals surface area contributed by atoms with Crippen molar-refractivity contribution >= 4 is 10.0 Å². The Balaban J connectivity index is 1.85. The molecular weight excluding hydrogens is 226 g/mol. The fraction of sp³-hybridized carbons (Fsp3) is 1.00. The minimum Gasteiger partial charge on any atom is -0.387 e. The van der Waals surface area contributed by atoms with E-state index in [1.54, 1.807) is 0 Å². The Morgan fingerprint density at radius 2 is 1.94 bits per heavy atom. The molecule has 1 heterocycles. The summed E-state index contributed by atoms with van der Waals surface area (Å²) in [5.74, 6) is 0.966. The van der Waals surface area contributed by atoms with Crippen LogP contribution in [0.1, 0.15) is 33.1 Å². The zero-order chi connectivity index (χ0) is 12.0. The predicted octanol–water partition coefficient (Wildman–Crippen LogP) is 0.819. The Hall–Kier alpha value is -0.130. The largest absolute Gasteiger partial charge is 0.387 e. The molecule has 2 fully saturated rings. The molecule has 1 aliphatic heterocycles. The molecule has 2 rings (SSSR count). The summed E-state index contributed by atoms with van der Waals surface area (Å²) in [7, 11) is -3.12. The first-order valence-corrected chi connectivity index (χ1v) is 7.65. The van der Waals surface area contributed by atoms with Gasteiger partial charge in [-0.2, -0.15) is 4.31 Å². The Morgan fingerprint density at radius 3 is 2.38 bits per heavy atom. The van der Waals surface area contributed by atoms with Crippen LogP contribution >= 0.6 is 0 Å². The van der Waals surface area contributed by atoms with Gasteiger partial charge in [-0.15, -0.1) is 0 Å². The van der Waals surface area contributed by atoms with Crippen molar-refractivity contribution in [3.05, 3.63) is 0 Å². The summed E-state index contributed by atoms with van der Waals surface area (Å²) >= 11 is 0. The molecule has 0 bridgehead atoms. The summed E-state index contributed by atoms with van der Waals surface area (Å²) in [5, 5.41) is 10.1. The van der Waals surface area contributed by atoms with E-state index in [1.165, 1.54) is 4.31 Å². The number of rotatable bonds is 5. The standard InChI is InChI=1S/C11H21NO3S/c1-9(2)5-6-16(14,15)12-7-11(13,8-12)10-3-4-10/h9-10,13H,3-8H2,1-2H3. The molecule has 5 heteroatoms. The van der Waals surface area contributed by atoms with Crippen LogP contribution in [0, 0.1) is 11.8 Å². The van der Waals surface area contributed by atoms with E-state index in [0.29, 0.717) is 31.3 Å². The Kier molecular flexibility index (Phi) is 3.05. The van der Waals surface area contributed by atoms with E-state index >= 15 is 0 Å². The summed E-state index contributed by atoms with van der Waals surface area (Å²) in [4.78, 5) is 0. The van der Waals surface area contributed by atoms with Gasteiger partial charge in [-0.3, -0.25) is 0 Å². The highest BCUT2D eigenvalue weighted by Crippen LogP contribution is 2.45. The molecule has 0 aromatic rings. The Labute approximate surface area is 97.7 Å². The number of sulfonamides is 1. The lowest BCUT2D eigenvalue weighted by molar-refractivity contribution is -0.0764. The number of nitrogens with zero attached hydrogens (tertiary/aromatic N) is 1. The highest BCUT2D eigenvalue weighted by molar-refractivity contribution is 7.89. The minimum absolute atomic E-state index is 0.214. The second-order valence-electron chi connectivity index (χ2n) is 5.64. The molecule has 2 aliphatic rings. The molecule has 0 aromatic carbocycles. The predicted molar refractivity (Wildman–Crippen MR) is 62.5 cm³/mol. The van der Waals surface area contributed by atoms with Crippen molar-refractivity contribution in [3.8, 4) is 0 Å². The topological polar surface area (TPSA) is 57.6 Å². The van der Waals surface area contributed by atoms with Crippen LogP contribution in [0.2, 0.25) is 0 Å². The molecule has 0 atom stereocenters. The van der Waals surface area contributed by atoms with Crippen molar-refractivity contribution in [2.75, 3.05) is 18.8 Å². The van der Waals surface area contributed by atoms with Gasteiger partial charge in [-0.1, -0.05) is 13.8 Å². The molecule has 0 unspecified atom stereocenters. The van der Waals surface area contributed by atoms with E-state index in [1.807, 2.05) is 13.8 Å². The number of hydrogen-bond acceptors (Lipinski definition) is 3. The zero-order valence-electron chi connectivity index (χ0n) is 10.0. The maximum absolute atomic E-state index is 11.9. The average Bonchev–Trinajstić information content (AvgIpc) is 2.93. The second kappa shape index (κ2) is 3.96. The van der Waals surface area contributed by atoms with Gasteiger partial charge in [-0.05, 0) is 31.1 Å².